The van der Waals surface area contributed by atoms with Crippen LogP contribution in [0.3, 0.4) is 0 Å². The molecular weight excluding hydrogens is 152 g/mol. The van der Waals surface area contributed by atoms with Crippen LogP contribution in [-0.2, 0) is 14.3 Å². The van der Waals surface area contributed by atoms with E-state index in [0.29, 0.717) is 0 Å². The minimum absolute atomic E-state index is 0.202. The predicted molar refractivity (Wildman–Crippen MR) is 32.7 cm³/mol. The van der Waals surface area contributed by atoms with Crippen LogP contribution < -0.4 is 0 Å². The Morgan fingerprint density at radius 3 is 2.73 bits per heavy atom. The molecule has 0 aliphatic carbocycles. The number of carboxylic acid groups (broad SMARTS) is 1. The van der Waals surface area contributed by atoms with E-state index in [1.54, 1.807) is 0 Å². The Balaban J connectivity index is 2.59. The van der Waals surface area contributed by atoms with E-state index in [9.17, 15) is 9.59 Å². The summed E-state index contributed by atoms with van der Waals surface area (Å²) >= 11 is 0. The molecule has 0 aromatic heterocycles. The van der Waals surface area contributed by atoms with Gasteiger partial charge in [0, 0.05) is 0 Å². The van der Waals surface area contributed by atoms with Crippen LogP contribution in [0.4, 0.5) is 0 Å². The zero-order valence-electron chi connectivity index (χ0n) is 5.69. The van der Waals surface area contributed by atoms with Crippen molar-refractivity contribution in [2.75, 3.05) is 6.61 Å². The first-order valence-corrected chi connectivity index (χ1v) is 3.20. The lowest BCUT2D eigenvalue weighted by molar-refractivity contribution is -0.156. The molecule has 62 valence electrons. The predicted octanol–water partition coefficient (Wildman–Crippen LogP) is -1.01. The second-order valence-electron chi connectivity index (χ2n) is 2.35. The number of carbonyl (C=O) groups is 2. The molecule has 2 atom stereocenters. The molecule has 0 aromatic carbocycles. The summed E-state index contributed by atoms with van der Waals surface area (Å²) in [5.74, 6) is -2.89. The normalized spacial score (nSPS) is 26.3. The maximum absolute atomic E-state index is 10.7. The number of rotatable bonds is 2. The molecule has 11 heavy (non-hydrogen) atoms. The number of esters is 1. The molecule has 1 fully saturated rings. The highest BCUT2D eigenvalue weighted by Gasteiger charge is 2.36. The van der Waals surface area contributed by atoms with Crippen LogP contribution in [0, 0.1) is 5.92 Å². The number of ether oxygens (including phenoxy) is 1. The van der Waals surface area contributed by atoms with Crippen molar-refractivity contribution < 1.29 is 24.5 Å². The van der Waals surface area contributed by atoms with Crippen LogP contribution in [0.15, 0.2) is 0 Å². The van der Waals surface area contributed by atoms with Crippen LogP contribution in [0.5, 0.6) is 0 Å². The fourth-order valence-electron chi connectivity index (χ4n) is 0.970. The van der Waals surface area contributed by atoms with E-state index >= 15 is 0 Å². The Morgan fingerprint density at radius 2 is 2.36 bits per heavy atom. The summed E-state index contributed by atoms with van der Waals surface area (Å²) in [5.41, 5.74) is 0. The van der Waals surface area contributed by atoms with Gasteiger partial charge in [-0.3, -0.25) is 4.79 Å². The van der Waals surface area contributed by atoms with E-state index in [1.807, 2.05) is 0 Å². The van der Waals surface area contributed by atoms with Gasteiger partial charge in [-0.05, 0) is 6.42 Å². The lowest BCUT2D eigenvalue weighted by Gasteiger charge is -2.07. The van der Waals surface area contributed by atoms with E-state index in [2.05, 4.69) is 4.74 Å². The van der Waals surface area contributed by atoms with E-state index in [0.717, 1.165) is 0 Å². The molecule has 1 aliphatic rings. The smallest absolute Gasteiger partial charge is 0.333 e. The highest BCUT2D eigenvalue weighted by atomic mass is 16.5. The van der Waals surface area contributed by atoms with Gasteiger partial charge in [-0.25, -0.2) is 4.79 Å². The summed E-state index contributed by atoms with van der Waals surface area (Å²) in [4.78, 5) is 20.8. The van der Waals surface area contributed by atoms with Crippen LogP contribution in [-0.4, -0.2) is 34.9 Å². The minimum Gasteiger partial charge on any atom is -0.479 e. The number of carboxylic acids is 1. The Labute approximate surface area is 62.6 Å². The molecule has 5 heteroatoms. The summed E-state index contributed by atoms with van der Waals surface area (Å²) in [7, 11) is 0. The van der Waals surface area contributed by atoms with Crippen LogP contribution in [0.2, 0.25) is 0 Å². The molecule has 1 aliphatic heterocycles. The number of cyclic esters (lactones) is 1. The van der Waals surface area contributed by atoms with E-state index < -0.39 is 24.0 Å². The molecule has 0 saturated carbocycles. The summed E-state index contributed by atoms with van der Waals surface area (Å²) in [6, 6.07) is 0. The number of aliphatic hydroxyl groups excluding tert-OH is 1. The standard InChI is InChI=1S/C6H8O5/c7-4(5(8)9)3-1-2-11-6(3)10/h3-4,7H,1-2H2,(H,8,9). The number of aliphatic hydroxyl groups is 1. The van der Waals surface area contributed by atoms with Crippen LogP contribution in [0.1, 0.15) is 6.42 Å². The first-order valence-electron chi connectivity index (χ1n) is 3.20. The molecule has 1 heterocycles. The van der Waals surface area contributed by atoms with Crippen molar-refractivity contribution in [2.45, 2.75) is 12.5 Å². The third-order valence-corrected chi connectivity index (χ3v) is 1.61. The Bertz CT molecular complexity index is 187. The third-order valence-electron chi connectivity index (χ3n) is 1.61. The average molecular weight is 160 g/mol. The summed E-state index contributed by atoms with van der Waals surface area (Å²) in [5, 5.41) is 17.2. The SMILES string of the molecule is O=C(O)C(O)C1CCOC1=O. The molecule has 5 nitrogen and oxygen atoms in total. The molecule has 0 aromatic rings. The largest absolute Gasteiger partial charge is 0.479 e. The number of hydrogen-bond donors (Lipinski definition) is 2. The van der Waals surface area contributed by atoms with Crippen LogP contribution in [0.25, 0.3) is 0 Å². The van der Waals surface area contributed by atoms with Crippen molar-refractivity contribution in [1.29, 1.82) is 0 Å². The highest BCUT2D eigenvalue weighted by molar-refractivity contribution is 5.83. The fourth-order valence-corrected chi connectivity index (χ4v) is 0.970. The molecule has 2 unspecified atom stereocenters. The third kappa shape index (κ3) is 1.48. The Kier molecular flexibility index (Phi) is 2.09. The average Bonchev–Trinajstić information content (AvgIpc) is 2.33. The first-order chi connectivity index (χ1) is 5.13. The van der Waals surface area contributed by atoms with Gasteiger partial charge in [-0.1, -0.05) is 0 Å². The highest BCUT2D eigenvalue weighted by Crippen LogP contribution is 2.18. The van der Waals surface area contributed by atoms with Gasteiger partial charge < -0.3 is 14.9 Å². The van der Waals surface area contributed by atoms with Gasteiger partial charge in [0.05, 0.1) is 12.5 Å². The van der Waals surface area contributed by atoms with Gasteiger partial charge in [0.1, 0.15) is 0 Å². The molecule has 0 spiro atoms. The molecular formula is C6H8O5. The topological polar surface area (TPSA) is 83.8 Å². The van der Waals surface area contributed by atoms with Crippen molar-refractivity contribution >= 4 is 11.9 Å². The summed E-state index contributed by atoms with van der Waals surface area (Å²) < 4.78 is 4.47. The van der Waals surface area contributed by atoms with Crippen molar-refractivity contribution in [3.8, 4) is 0 Å². The second kappa shape index (κ2) is 2.87. The van der Waals surface area contributed by atoms with Crippen molar-refractivity contribution in [3.63, 3.8) is 0 Å². The zero-order valence-corrected chi connectivity index (χ0v) is 5.69. The first kappa shape index (κ1) is 8.00. The molecule has 1 rings (SSSR count). The van der Waals surface area contributed by atoms with Gasteiger partial charge in [-0.15, -0.1) is 0 Å². The van der Waals surface area contributed by atoms with Gasteiger partial charge in [0.15, 0.2) is 6.10 Å². The molecule has 0 bridgehead atoms. The summed E-state index contributed by atoms with van der Waals surface area (Å²) in [6.45, 7) is 0.202. The summed E-state index contributed by atoms with van der Waals surface area (Å²) in [6.07, 6.45) is -1.34. The van der Waals surface area contributed by atoms with Crippen molar-refractivity contribution in [3.05, 3.63) is 0 Å². The monoisotopic (exact) mass is 160 g/mol. The lowest BCUT2D eigenvalue weighted by atomic mass is 10.0. The van der Waals surface area contributed by atoms with Crippen molar-refractivity contribution in [1.82, 2.24) is 0 Å². The quantitative estimate of drug-likeness (QED) is 0.506. The minimum atomic E-state index is -1.62. The van der Waals surface area contributed by atoms with E-state index in [-0.39, 0.29) is 13.0 Å². The van der Waals surface area contributed by atoms with E-state index in [4.69, 9.17) is 10.2 Å². The van der Waals surface area contributed by atoms with E-state index in [1.165, 1.54) is 0 Å². The van der Waals surface area contributed by atoms with Gasteiger partial charge in [0.25, 0.3) is 0 Å². The molecule has 0 amide bonds. The molecule has 0 radical (unpaired) electrons. The Hall–Kier alpha value is -1.10. The lowest BCUT2D eigenvalue weighted by Crippen LogP contribution is -2.31. The Morgan fingerprint density at radius 1 is 1.73 bits per heavy atom. The van der Waals surface area contributed by atoms with Gasteiger partial charge in [-0.2, -0.15) is 0 Å². The fraction of sp³-hybridized carbons (Fsp3) is 0.667. The number of carbonyl (C=O) groups excluding carboxylic acids is 1. The molecule has 2 N–H and O–H groups in total. The number of aliphatic carboxylic acids is 1. The zero-order chi connectivity index (χ0) is 8.43. The maximum Gasteiger partial charge on any atom is 0.333 e. The maximum atomic E-state index is 10.7. The van der Waals surface area contributed by atoms with Crippen molar-refractivity contribution in [2.24, 2.45) is 5.92 Å². The molecule has 1 saturated heterocycles. The second-order valence-corrected chi connectivity index (χ2v) is 2.35. The van der Waals surface area contributed by atoms with Gasteiger partial charge >= 0.3 is 11.9 Å². The van der Waals surface area contributed by atoms with Gasteiger partial charge in [0.2, 0.25) is 0 Å². The number of hydrogen-bond acceptors (Lipinski definition) is 4. The van der Waals surface area contributed by atoms with Crippen LogP contribution >= 0.6 is 0 Å².